The van der Waals surface area contributed by atoms with E-state index in [0.29, 0.717) is 0 Å². The van der Waals surface area contributed by atoms with Gasteiger partial charge >= 0.3 is 0 Å². The maximum absolute atomic E-state index is 10.7. The lowest BCUT2D eigenvalue weighted by atomic mass is 10.2. The van der Waals surface area contributed by atoms with Crippen molar-refractivity contribution in [3.8, 4) is 0 Å². The molecule has 2 atom stereocenters. The number of carboxylic acid groups (broad SMARTS) is 1. The third kappa shape index (κ3) is 4.08. The monoisotopic (exact) mass is 276 g/mol. The van der Waals surface area contributed by atoms with Gasteiger partial charge in [0.1, 0.15) is 17.1 Å². The zero-order valence-corrected chi connectivity index (χ0v) is 10.5. The summed E-state index contributed by atoms with van der Waals surface area (Å²) in [6.45, 7) is 1.35. The summed E-state index contributed by atoms with van der Waals surface area (Å²) in [6.07, 6.45) is -2.49. The molecule has 0 radical (unpaired) electrons. The molecule has 0 aliphatic rings. The fourth-order valence-corrected chi connectivity index (χ4v) is 2.27. The highest BCUT2D eigenvalue weighted by atomic mass is 32.2. The van der Waals surface area contributed by atoms with E-state index >= 15 is 0 Å². The number of nitrogens with zero attached hydrogens (tertiary/aromatic N) is 1. The largest absolute Gasteiger partial charge is 0.542 e. The molecule has 6 nitrogen and oxygen atoms in total. The highest BCUT2D eigenvalue weighted by Crippen LogP contribution is 2.21. The van der Waals surface area contributed by atoms with Crippen molar-refractivity contribution in [1.82, 2.24) is 4.98 Å². The third-order valence-electron chi connectivity index (χ3n) is 1.82. The number of carboxylic acids is 1. The predicted molar refractivity (Wildman–Crippen MR) is 60.6 cm³/mol. The van der Waals surface area contributed by atoms with E-state index in [0.717, 1.165) is 23.1 Å². The van der Waals surface area contributed by atoms with Crippen molar-refractivity contribution in [2.24, 2.45) is 0 Å². The molecular weight excluding hydrogens is 266 g/mol. The fraction of sp³-hybridized carbons (Fsp3) is 0.444. The van der Waals surface area contributed by atoms with Crippen LogP contribution >= 0.6 is 23.1 Å². The molecule has 0 saturated carbocycles. The number of thioether (sulfide) groups is 1. The van der Waals surface area contributed by atoms with E-state index in [1.54, 1.807) is 0 Å². The second-order valence-corrected chi connectivity index (χ2v) is 5.23. The highest BCUT2D eigenvalue weighted by molar-refractivity contribution is 8.13. The average Bonchev–Trinajstić information content (AvgIpc) is 2.73. The van der Waals surface area contributed by atoms with Crippen LogP contribution in [0.25, 0.3) is 0 Å². The molecule has 0 saturated heterocycles. The summed E-state index contributed by atoms with van der Waals surface area (Å²) >= 11 is 1.68. The molecule has 1 rings (SSSR count). The SMILES string of the molecule is CC(=O)SCC(O)C(O)c1csc(C(=O)[O-])n1. The Morgan fingerprint density at radius 2 is 2.24 bits per heavy atom. The van der Waals surface area contributed by atoms with E-state index in [-0.39, 0.29) is 21.6 Å². The fourth-order valence-electron chi connectivity index (χ4n) is 1.01. The summed E-state index contributed by atoms with van der Waals surface area (Å²) in [5.74, 6) is -1.41. The number of aromatic nitrogens is 1. The van der Waals surface area contributed by atoms with Crippen LogP contribution in [0, 0.1) is 0 Å². The summed E-state index contributed by atoms with van der Waals surface area (Å²) < 4.78 is 0. The Balaban J connectivity index is 2.64. The Kier molecular flexibility index (Phi) is 5.06. The molecule has 0 aliphatic heterocycles. The van der Waals surface area contributed by atoms with Gasteiger partial charge in [-0.1, -0.05) is 11.8 Å². The van der Waals surface area contributed by atoms with Gasteiger partial charge in [-0.05, 0) is 0 Å². The molecule has 0 fully saturated rings. The minimum absolute atomic E-state index is 0.0225. The van der Waals surface area contributed by atoms with E-state index in [1.807, 2.05) is 0 Å². The molecule has 0 aliphatic carbocycles. The molecule has 0 amide bonds. The lowest BCUT2D eigenvalue weighted by Crippen LogP contribution is -2.24. The van der Waals surface area contributed by atoms with Crippen molar-refractivity contribution < 1.29 is 24.9 Å². The summed E-state index contributed by atoms with van der Waals surface area (Å²) in [7, 11) is 0. The number of hydrogen-bond donors (Lipinski definition) is 2. The molecule has 8 heteroatoms. The Morgan fingerprint density at radius 3 is 2.71 bits per heavy atom. The molecule has 1 aromatic rings. The lowest BCUT2D eigenvalue weighted by molar-refractivity contribution is -0.255. The van der Waals surface area contributed by atoms with Gasteiger partial charge in [-0.15, -0.1) is 11.3 Å². The van der Waals surface area contributed by atoms with Gasteiger partial charge in [-0.25, -0.2) is 4.98 Å². The number of aliphatic hydroxyl groups excluding tert-OH is 2. The molecular formula is C9H10NO5S2-. The minimum atomic E-state index is -1.43. The topological polar surface area (TPSA) is 111 Å². The van der Waals surface area contributed by atoms with Crippen molar-refractivity contribution in [3.63, 3.8) is 0 Å². The first-order valence-electron chi connectivity index (χ1n) is 4.58. The Morgan fingerprint density at radius 1 is 1.59 bits per heavy atom. The highest BCUT2D eigenvalue weighted by Gasteiger charge is 2.21. The molecule has 17 heavy (non-hydrogen) atoms. The van der Waals surface area contributed by atoms with Crippen molar-refractivity contribution in [1.29, 1.82) is 0 Å². The van der Waals surface area contributed by atoms with Crippen LogP contribution < -0.4 is 5.11 Å². The number of carbonyl (C=O) groups is 2. The van der Waals surface area contributed by atoms with Gasteiger partial charge < -0.3 is 20.1 Å². The molecule has 2 N–H and O–H groups in total. The van der Waals surface area contributed by atoms with Crippen LogP contribution in [0.4, 0.5) is 0 Å². The average molecular weight is 276 g/mol. The van der Waals surface area contributed by atoms with Gasteiger partial charge in [0.15, 0.2) is 5.12 Å². The van der Waals surface area contributed by atoms with Crippen molar-refractivity contribution in [2.45, 2.75) is 19.1 Å². The minimum Gasteiger partial charge on any atom is -0.542 e. The van der Waals surface area contributed by atoms with E-state index in [2.05, 4.69) is 4.98 Å². The van der Waals surface area contributed by atoms with Crippen molar-refractivity contribution in [2.75, 3.05) is 5.75 Å². The van der Waals surface area contributed by atoms with Crippen LogP contribution in [-0.4, -0.2) is 38.1 Å². The van der Waals surface area contributed by atoms with Crippen molar-refractivity contribution >= 4 is 34.2 Å². The van der Waals surface area contributed by atoms with Gasteiger partial charge in [-0.2, -0.15) is 0 Å². The molecule has 1 aromatic heterocycles. The second kappa shape index (κ2) is 6.10. The number of rotatable bonds is 5. The van der Waals surface area contributed by atoms with Gasteiger partial charge in [0.05, 0.1) is 11.8 Å². The third-order valence-corrected chi connectivity index (χ3v) is 3.58. The Hall–Kier alpha value is -0.960. The molecule has 94 valence electrons. The van der Waals surface area contributed by atoms with E-state index in [1.165, 1.54) is 12.3 Å². The maximum Gasteiger partial charge on any atom is 0.185 e. The van der Waals surface area contributed by atoms with Crippen LogP contribution in [0.3, 0.4) is 0 Å². The Bertz CT molecular complexity index is 419. The van der Waals surface area contributed by atoms with Gasteiger partial charge in [0, 0.05) is 18.1 Å². The normalized spacial score (nSPS) is 14.3. The van der Waals surface area contributed by atoms with Crippen LogP contribution in [0.1, 0.15) is 28.5 Å². The van der Waals surface area contributed by atoms with E-state index in [9.17, 15) is 24.9 Å². The van der Waals surface area contributed by atoms with Crippen LogP contribution in [0.5, 0.6) is 0 Å². The summed E-state index contributed by atoms with van der Waals surface area (Å²) in [5, 5.41) is 30.6. The molecule has 0 bridgehead atoms. The molecule has 1 heterocycles. The van der Waals surface area contributed by atoms with E-state index < -0.39 is 18.2 Å². The first kappa shape index (κ1) is 14.1. The predicted octanol–water partition coefficient (Wildman–Crippen LogP) is -0.819. The van der Waals surface area contributed by atoms with Gasteiger partial charge in [-0.3, -0.25) is 4.79 Å². The van der Waals surface area contributed by atoms with Crippen LogP contribution in [0.15, 0.2) is 5.38 Å². The Labute approximate surface area is 105 Å². The molecule has 2 unspecified atom stereocenters. The summed E-state index contributed by atoms with van der Waals surface area (Å²) in [5.41, 5.74) is 0.0610. The lowest BCUT2D eigenvalue weighted by Gasteiger charge is -2.14. The first-order chi connectivity index (χ1) is 7.91. The molecule has 0 spiro atoms. The second-order valence-electron chi connectivity index (χ2n) is 3.18. The standard InChI is InChI=1S/C9H11NO5S2/c1-4(11)16-3-6(12)7(13)5-2-17-8(10-5)9(14)15/h2,6-7,12-13H,3H2,1H3,(H,14,15)/p-1. The van der Waals surface area contributed by atoms with Crippen LogP contribution in [0.2, 0.25) is 0 Å². The molecule has 0 aromatic carbocycles. The smallest absolute Gasteiger partial charge is 0.185 e. The van der Waals surface area contributed by atoms with Gasteiger partial charge in [0.2, 0.25) is 0 Å². The van der Waals surface area contributed by atoms with Crippen molar-refractivity contribution in [3.05, 3.63) is 16.1 Å². The number of carbonyl (C=O) groups excluding carboxylic acids is 2. The summed E-state index contributed by atoms with van der Waals surface area (Å²) in [4.78, 5) is 24.7. The maximum atomic E-state index is 10.7. The number of aromatic carboxylic acids is 1. The van der Waals surface area contributed by atoms with E-state index in [4.69, 9.17) is 0 Å². The van der Waals surface area contributed by atoms with Gasteiger partial charge in [0.25, 0.3) is 0 Å². The quantitative estimate of drug-likeness (QED) is 0.722. The zero-order valence-electron chi connectivity index (χ0n) is 8.82. The van der Waals surface area contributed by atoms with Crippen LogP contribution in [-0.2, 0) is 4.79 Å². The number of thiazole rings is 1. The zero-order chi connectivity index (χ0) is 13.0. The number of aliphatic hydroxyl groups is 2. The summed E-state index contributed by atoms with van der Waals surface area (Å²) in [6, 6.07) is 0. The number of hydrogen-bond acceptors (Lipinski definition) is 8. The first-order valence-corrected chi connectivity index (χ1v) is 6.44.